The number of hydrogen-bond acceptors (Lipinski definition) is 2. The summed E-state index contributed by atoms with van der Waals surface area (Å²) < 4.78 is 0. The van der Waals surface area contributed by atoms with Crippen LogP contribution < -0.4 is 5.32 Å². The summed E-state index contributed by atoms with van der Waals surface area (Å²) in [4.78, 5) is 0. The molecular formula is C19H41NO. The molecule has 1 fully saturated rings. The Bertz CT molecular complexity index is 262. The molecule has 0 bridgehead atoms. The molecule has 2 heteroatoms. The molecule has 21 heavy (non-hydrogen) atoms. The normalized spacial score (nSPS) is 30.2. The van der Waals surface area contributed by atoms with Gasteiger partial charge in [-0.3, -0.25) is 0 Å². The van der Waals surface area contributed by atoms with Gasteiger partial charge in [0, 0.05) is 6.04 Å². The van der Waals surface area contributed by atoms with Crippen LogP contribution in [-0.4, -0.2) is 24.3 Å². The Hall–Kier alpha value is -0.340. The highest BCUT2D eigenvalue weighted by Crippen LogP contribution is 2.40. The van der Waals surface area contributed by atoms with Crippen LogP contribution in [0.25, 0.3) is 0 Å². The Labute approximate surface area is 134 Å². The molecule has 128 valence electrons. The largest absolute Gasteiger partial charge is 0.393 e. The molecule has 0 aromatic heterocycles. The van der Waals surface area contributed by atoms with Crippen molar-refractivity contribution < 1.29 is 5.11 Å². The molecule has 0 aromatic carbocycles. The number of allylic oxidation sites excluding steroid dienone is 2. The van der Waals surface area contributed by atoms with Crippen LogP contribution in [0.2, 0.25) is 0 Å². The van der Waals surface area contributed by atoms with Crippen molar-refractivity contribution in [3.63, 3.8) is 0 Å². The fourth-order valence-corrected chi connectivity index (χ4v) is 2.62. The second-order valence-electron chi connectivity index (χ2n) is 6.76. The predicted molar refractivity (Wildman–Crippen MR) is 96.7 cm³/mol. The van der Waals surface area contributed by atoms with Crippen LogP contribution in [0, 0.1) is 17.3 Å². The molecule has 4 atom stereocenters. The van der Waals surface area contributed by atoms with E-state index in [0.717, 1.165) is 25.2 Å². The third-order valence-electron chi connectivity index (χ3n) is 4.48. The molecule has 4 unspecified atom stereocenters. The van der Waals surface area contributed by atoms with Gasteiger partial charge in [-0.25, -0.2) is 0 Å². The topological polar surface area (TPSA) is 32.3 Å². The molecule has 1 aliphatic rings. The fourth-order valence-electron chi connectivity index (χ4n) is 2.62. The molecule has 2 N–H and O–H groups in total. The van der Waals surface area contributed by atoms with E-state index in [1.54, 1.807) is 0 Å². The standard InChI is InChI=1S/C11H20O.C6H15N.C2H6/c1-4-6-11(3)7-5-10(12)9(2)8-11;1-5(2)6(3)7-4;1-2/h4,6,9-10,12H,5,7-8H2,1-3H3;5-7H,1-4H3;1-2H3/b6-4+;;. The van der Waals surface area contributed by atoms with Gasteiger partial charge in [-0.05, 0) is 57.4 Å². The van der Waals surface area contributed by atoms with E-state index >= 15 is 0 Å². The highest BCUT2D eigenvalue weighted by Gasteiger charge is 2.32. The summed E-state index contributed by atoms with van der Waals surface area (Å²) in [6.45, 7) is 17.1. The van der Waals surface area contributed by atoms with Gasteiger partial charge in [0.2, 0.25) is 0 Å². The molecule has 0 radical (unpaired) electrons. The lowest BCUT2D eigenvalue weighted by molar-refractivity contribution is 0.0404. The Morgan fingerprint density at radius 2 is 1.76 bits per heavy atom. The smallest absolute Gasteiger partial charge is 0.0566 e. The molecule has 0 aliphatic heterocycles. The van der Waals surface area contributed by atoms with E-state index in [1.165, 1.54) is 0 Å². The zero-order valence-corrected chi connectivity index (χ0v) is 16.0. The lowest BCUT2D eigenvalue weighted by atomic mass is 9.70. The Kier molecular flexibility index (Phi) is 13.4. The third kappa shape index (κ3) is 10.1. The summed E-state index contributed by atoms with van der Waals surface area (Å²) in [6.07, 6.45) is 7.56. The summed E-state index contributed by atoms with van der Waals surface area (Å²) in [6, 6.07) is 0.653. The number of nitrogens with one attached hydrogen (secondary N) is 1. The lowest BCUT2D eigenvalue weighted by Crippen LogP contribution is -2.32. The lowest BCUT2D eigenvalue weighted by Gasteiger charge is -2.37. The summed E-state index contributed by atoms with van der Waals surface area (Å²) in [5, 5.41) is 12.7. The van der Waals surface area contributed by atoms with Gasteiger partial charge >= 0.3 is 0 Å². The summed E-state index contributed by atoms with van der Waals surface area (Å²) in [7, 11) is 1.99. The van der Waals surface area contributed by atoms with Gasteiger partial charge in [-0.15, -0.1) is 0 Å². The third-order valence-corrected chi connectivity index (χ3v) is 4.48. The van der Waals surface area contributed by atoms with E-state index in [2.05, 4.69) is 59.0 Å². The molecule has 1 saturated carbocycles. The minimum Gasteiger partial charge on any atom is -0.393 e. The van der Waals surface area contributed by atoms with E-state index in [1.807, 2.05) is 20.9 Å². The highest BCUT2D eigenvalue weighted by molar-refractivity contribution is 4.99. The van der Waals surface area contributed by atoms with Crippen molar-refractivity contribution in [1.29, 1.82) is 0 Å². The van der Waals surface area contributed by atoms with Gasteiger partial charge in [0.15, 0.2) is 0 Å². The molecule has 1 rings (SSSR count). The van der Waals surface area contributed by atoms with Gasteiger partial charge in [-0.2, -0.15) is 0 Å². The van der Waals surface area contributed by atoms with E-state index in [-0.39, 0.29) is 6.10 Å². The van der Waals surface area contributed by atoms with Crippen LogP contribution in [0.3, 0.4) is 0 Å². The average molecular weight is 300 g/mol. The van der Waals surface area contributed by atoms with Crippen molar-refractivity contribution in [3.05, 3.63) is 12.2 Å². The zero-order valence-electron chi connectivity index (χ0n) is 16.0. The number of aliphatic hydroxyl groups is 1. The van der Waals surface area contributed by atoms with Gasteiger partial charge in [0.1, 0.15) is 0 Å². The summed E-state index contributed by atoms with van der Waals surface area (Å²) in [5.41, 5.74) is 0.341. The van der Waals surface area contributed by atoms with Crippen LogP contribution >= 0.6 is 0 Å². The summed E-state index contributed by atoms with van der Waals surface area (Å²) >= 11 is 0. The predicted octanol–water partition coefficient (Wildman–Crippen LogP) is 5.03. The molecule has 0 amide bonds. The van der Waals surface area contributed by atoms with Crippen LogP contribution in [0.1, 0.15) is 74.7 Å². The van der Waals surface area contributed by atoms with Gasteiger partial charge in [0.25, 0.3) is 0 Å². The quantitative estimate of drug-likeness (QED) is 0.717. The average Bonchev–Trinajstić information content (AvgIpc) is 2.45. The van der Waals surface area contributed by atoms with E-state index in [9.17, 15) is 5.11 Å². The molecule has 0 saturated heterocycles. The van der Waals surface area contributed by atoms with Gasteiger partial charge < -0.3 is 10.4 Å². The van der Waals surface area contributed by atoms with Crippen molar-refractivity contribution in [2.45, 2.75) is 86.8 Å². The first-order chi connectivity index (χ1) is 9.75. The van der Waals surface area contributed by atoms with Crippen molar-refractivity contribution in [2.75, 3.05) is 7.05 Å². The van der Waals surface area contributed by atoms with Crippen LogP contribution in [0.4, 0.5) is 0 Å². The molecule has 0 heterocycles. The fraction of sp³-hybridized carbons (Fsp3) is 0.895. The molecule has 0 spiro atoms. The molecule has 1 aliphatic carbocycles. The minimum absolute atomic E-state index is 0.0664. The Balaban J connectivity index is 0. The first kappa shape index (κ1) is 22.9. The Morgan fingerprint density at radius 1 is 1.24 bits per heavy atom. The van der Waals surface area contributed by atoms with Crippen molar-refractivity contribution in [3.8, 4) is 0 Å². The maximum atomic E-state index is 9.55. The van der Waals surface area contributed by atoms with Crippen molar-refractivity contribution in [2.24, 2.45) is 17.3 Å². The molecule has 2 nitrogen and oxygen atoms in total. The number of rotatable bonds is 3. The molecular weight excluding hydrogens is 258 g/mol. The van der Waals surface area contributed by atoms with E-state index < -0.39 is 0 Å². The maximum Gasteiger partial charge on any atom is 0.0566 e. The second kappa shape index (κ2) is 12.2. The van der Waals surface area contributed by atoms with Crippen molar-refractivity contribution in [1.82, 2.24) is 5.32 Å². The SMILES string of the molecule is C/C=C/C1(C)CCC(O)C(C)C1.CC.CNC(C)C(C)C. The minimum atomic E-state index is -0.0664. The van der Waals surface area contributed by atoms with E-state index in [4.69, 9.17) is 0 Å². The second-order valence-corrected chi connectivity index (χ2v) is 6.76. The highest BCUT2D eigenvalue weighted by atomic mass is 16.3. The monoisotopic (exact) mass is 299 g/mol. The molecule has 0 aromatic rings. The first-order valence-electron chi connectivity index (χ1n) is 8.75. The van der Waals surface area contributed by atoms with Crippen LogP contribution in [0.5, 0.6) is 0 Å². The van der Waals surface area contributed by atoms with Crippen LogP contribution in [0.15, 0.2) is 12.2 Å². The number of aliphatic hydroxyl groups excluding tert-OH is 1. The van der Waals surface area contributed by atoms with Gasteiger partial charge in [0.05, 0.1) is 6.10 Å². The Morgan fingerprint density at radius 3 is 2.05 bits per heavy atom. The van der Waals surface area contributed by atoms with Crippen LogP contribution in [-0.2, 0) is 0 Å². The van der Waals surface area contributed by atoms with Crippen molar-refractivity contribution >= 4 is 0 Å². The zero-order chi connectivity index (χ0) is 17.1. The maximum absolute atomic E-state index is 9.55. The van der Waals surface area contributed by atoms with Gasteiger partial charge in [-0.1, -0.05) is 53.7 Å². The summed E-state index contributed by atoms with van der Waals surface area (Å²) in [5.74, 6) is 1.21. The first-order valence-corrected chi connectivity index (χ1v) is 8.75. The number of hydrogen-bond donors (Lipinski definition) is 2. The van der Waals surface area contributed by atoms with E-state index in [0.29, 0.717) is 17.4 Å².